The summed E-state index contributed by atoms with van der Waals surface area (Å²) in [4.78, 5) is 2.14. The van der Waals surface area contributed by atoms with E-state index in [1.165, 1.54) is 0 Å². The Morgan fingerprint density at radius 3 is 2.44 bits per heavy atom. The van der Waals surface area contributed by atoms with Crippen LogP contribution < -0.4 is 0 Å². The molecule has 0 aliphatic heterocycles. The summed E-state index contributed by atoms with van der Waals surface area (Å²) in [5, 5.41) is 9.84. The second kappa shape index (κ2) is 8.25. The number of aliphatic hydroxyl groups is 1. The van der Waals surface area contributed by atoms with Gasteiger partial charge in [-0.2, -0.15) is 0 Å². The van der Waals surface area contributed by atoms with Crippen molar-refractivity contribution in [2.24, 2.45) is 5.92 Å². The van der Waals surface area contributed by atoms with Crippen LogP contribution >= 0.6 is 0 Å². The van der Waals surface area contributed by atoms with Gasteiger partial charge in [0.15, 0.2) is 0 Å². The van der Waals surface area contributed by atoms with Crippen LogP contribution in [0.5, 0.6) is 0 Å². The van der Waals surface area contributed by atoms with Gasteiger partial charge in [-0.25, -0.2) is 0 Å². The van der Waals surface area contributed by atoms with Gasteiger partial charge in [0, 0.05) is 13.1 Å². The normalized spacial score (nSPS) is 13.2. The second-order valence-electron chi connectivity index (χ2n) is 5.27. The number of aliphatic hydroxyl groups excluding tert-OH is 1. The van der Waals surface area contributed by atoms with Crippen LogP contribution in [-0.2, 0) is 11.3 Å². The van der Waals surface area contributed by atoms with Crippen molar-refractivity contribution in [3.63, 3.8) is 0 Å². The predicted molar refractivity (Wildman–Crippen MR) is 74.4 cm³/mol. The summed E-state index contributed by atoms with van der Waals surface area (Å²) in [6.45, 7) is 6.95. The van der Waals surface area contributed by atoms with E-state index in [0.717, 1.165) is 12.1 Å². The Balaban J connectivity index is 2.15. The standard InChI is InChI=1S/C15H25NO2/c1-13(2)9-16(3)10-15(17)12-18-11-14-7-5-4-6-8-14/h4-8,13,15,17H,9-12H2,1-3H3. The fraction of sp³-hybridized carbons (Fsp3) is 0.600. The van der Waals surface area contributed by atoms with Gasteiger partial charge in [0.05, 0.1) is 19.3 Å². The summed E-state index contributed by atoms with van der Waals surface area (Å²) in [7, 11) is 2.03. The monoisotopic (exact) mass is 251 g/mol. The molecule has 0 spiro atoms. The number of hydrogen-bond donors (Lipinski definition) is 1. The van der Waals surface area contributed by atoms with Gasteiger partial charge in [-0.1, -0.05) is 44.2 Å². The van der Waals surface area contributed by atoms with Crippen molar-refractivity contribution < 1.29 is 9.84 Å². The van der Waals surface area contributed by atoms with Crippen molar-refractivity contribution in [1.82, 2.24) is 4.90 Å². The van der Waals surface area contributed by atoms with E-state index in [0.29, 0.717) is 25.7 Å². The summed E-state index contributed by atoms with van der Waals surface area (Å²) >= 11 is 0. The molecule has 1 N–H and O–H groups in total. The largest absolute Gasteiger partial charge is 0.389 e. The molecule has 1 unspecified atom stereocenters. The van der Waals surface area contributed by atoms with Gasteiger partial charge in [-0.05, 0) is 18.5 Å². The lowest BCUT2D eigenvalue weighted by molar-refractivity contribution is 0.0124. The average molecular weight is 251 g/mol. The molecule has 1 aromatic carbocycles. The summed E-state index contributed by atoms with van der Waals surface area (Å²) in [5.74, 6) is 0.618. The van der Waals surface area contributed by atoms with Gasteiger partial charge in [0.2, 0.25) is 0 Å². The molecule has 0 fully saturated rings. The zero-order valence-electron chi connectivity index (χ0n) is 11.7. The Labute approximate surface area is 110 Å². The van der Waals surface area contributed by atoms with Gasteiger partial charge in [-0.3, -0.25) is 0 Å². The first kappa shape index (κ1) is 15.2. The van der Waals surface area contributed by atoms with Crippen molar-refractivity contribution in [2.75, 3.05) is 26.7 Å². The molecule has 18 heavy (non-hydrogen) atoms. The summed E-state index contributed by atoms with van der Waals surface area (Å²) in [5.41, 5.74) is 1.14. The molecule has 0 aliphatic carbocycles. The third-order valence-electron chi connectivity index (χ3n) is 2.62. The number of hydrogen-bond acceptors (Lipinski definition) is 3. The van der Waals surface area contributed by atoms with E-state index in [1.54, 1.807) is 0 Å². The molecule has 3 nitrogen and oxygen atoms in total. The van der Waals surface area contributed by atoms with Gasteiger partial charge in [-0.15, -0.1) is 0 Å². The molecule has 0 aliphatic rings. The molecule has 0 bridgehead atoms. The number of rotatable bonds is 8. The topological polar surface area (TPSA) is 32.7 Å². The molecule has 0 saturated heterocycles. The Hall–Kier alpha value is -0.900. The molecule has 1 rings (SSSR count). The van der Waals surface area contributed by atoms with Crippen LogP contribution in [0.15, 0.2) is 30.3 Å². The average Bonchev–Trinajstić information content (AvgIpc) is 2.29. The van der Waals surface area contributed by atoms with Crippen LogP contribution in [0, 0.1) is 5.92 Å². The zero-order chi connectivity index (χ0) is 13.4. The van der Waals surface area contributed by atoms with E-state index < -0.39 is 6.10 Å². The van der Waals surface area contributed by atoms with Gasteiger partial charge in [0.1, 0.15) is 0 Å². The Kier molecular flexibility index (Phi) is 6.94. The zero-order valence-corrected chi connectivity index (χ0v) is 11.7. The third-order valence-corrected chi connectivity index (χ3v) is 2.62. The molecule has 3 heteroatoms. The van der Waals surface area contributed by atoms with Crippen LogP contribution in [0.2, 0.25) is 0 Å². The first-order valence-corrected chi connectivity index (χ1v) is 6.56. The number of likely N-dealkylation sites (N-methyl/N-ethyl adjacent to an activating group) is 1. The molecular weight excluding hydrogens is 226 g/mol. The van der Waals surface area contributed by atoms with Crippen LogP contribution in [0.3, 0.4) is 0 Å². The first-order chi connectivity index (χ1) is 8.58. The van der Waals surface area contributed by atoms with Crippen molar-refractivity contribution in [1.29, 1.82) is 0 Å². The maximum absolute atomic E-state index is 9.84. The second-order valence-corrected chi connectivity index (χ2v) is 5.27. The quantitative estimate of drug-likeness (QED) is 0.768. The van der Waals surface area contributed by atoms with Crippen LogP contribution in [0.4, 0.5) is 0 Å². The molecule has 1 atom stereocenters. The maximum atomic E-state index is 9.84. The molecule has 0 saturated carbocycles. The number of nitrogens with zero attached hydrogens (tertiary/aromatic N) is 1. The lowest BCUT2D eigenvalue weighted by atomic mass is 10.2. The fourth-order valence-corrected chi connectivity index (χ4v) is 2.00. The summed E-state index contributed by atoms with van der Waals surface area (Å²) in [6, 6.07) is 10.0. The smallest absolute Gasteiger partial charge is 0.0900 e. The minimum absolute atomic E-state index is 0.386. The molecular formula is C15H25NO2. The van der Waals surface area contributed by atoms with E-state index >= 15 is 0 Å². The summed E-state index contributed by atoms with van der Waals surface area (Å²) in [6.07, 6.45) is -0.419. The molecule has 1 aromatic rings. The molecule has 102 valence electrons. The molecule has 0 heterocycles. The third kappa shape index (κ3) is 6.74. The fourth-order valence-electron chi connectivity index (χ4n) is 2.00. The SMILES string of the molecule is CC(C)CN(C)CC(O)COCc1ccccc1. The number of ether oxygens (including phenoxy) is 1. The predicted octanol–water partition coefficient (Wildman–Crippen LogP) is 2.15. The number of benzene rings is 1. The highest BCUT2D eigenvalue weighted by Gasteiger charge is 2.09. The summed E-state index contributed by atoms with van der Waals surface area (Å²) < 4.78 is 5.51. The maximum Gasteiger partial charge on any atom is 0.0900 e. The Bertz CT molecular complexity index is 314. The minimum atomic E-state index is -0.419. The highest BCUT2D eigenvalue weighted by molar-refractivity contribution is 5.13. The van der Waals surface area contributed by atoms with Crippen LogP contribution in [-0.4, -0.2) is 42.9 Å². The van der Waals surface area contributed by atoms with Gasteiger partial charge < -0.3 is 14.7 Å². The van der Waals surface area contributed by atoms with Crippen molar-refractivity contribution >= 4 is 0 Å². The van der Waals surface area contributed by atoms with E-state index in [4.69, 9.17) is 4.74 Å². The highest BCUT2D eigenvalue weighted by Crippen LogP contribution is 2.02. The Morgan fingerprint density at radius 2 is 1.83 bits per heavy atom. The molecule has 0 amide bonds. The van der Waals surface area contributed by atoms with Crippen molar-refractivity contribution in [3.05, 3.63) is 35.9 Å². The molecule has 0 radical (unpaired) electrons. The lowest BCUT2D eigenvalue weighted by Crippen LogP contribution is -2.34. The van der Waals surface area contributed by atoms with Gasteiger partial charge >= 0.3 is 0 Å². The van der Waals surface area contributed by atoms with Gasteiger partial charge in [0.25, 0.3) is 0 Å². The Morgan fingerprint density at radius 1 is 1.17 bits per heavy atom. The lowest BCUT2D eigenvalue weighted by Gasteiger charge is -2.22. The molecule has 0 aromatic heterocycles. The van der Waals surface area contributed by atoms with Crippen LogP contribution in [0.1, 0.15) is 19.4 Å². The van der Waals surface area contributed by atoms with E-state index in [2.05, 4.69) is 18.7 Å². The van der Waals surface area contributed by atoms with Crippen LogP contribution in [0.25, 0.3) is 0 Å². The van der Waals surface area contributed by atoms with Crippen molar-refractivity contribution in [2.45, 2.75) is 26.6 Å². The van der Waals surface area contributed by atoms with E-state index in [-0.39, 0.29) is 0 Å². The van der Waals surface area contributed by atoms with E-state index in [1.807, 2.05) is 37.4 Å². The first-order valence-electron chi connectivity index (χ1n) is 6.56. The van der Waals surface area contributed by atoms with E-state index in [9.17, 15) is 5.11 Å². The highest BCUT2D eigenvalue weighted by atomic mass is 16.5. The minimum Gasteiger partial charge on any atom is -0.389 e. The van der Waals surface area contributed by atoms with Crippen molar-refractivity contribution in [3.8, 4) is 0 Å².